The SMILES string of the molecule is Cc1cnc([C@@H](C)NC(=O)c2cn(C)c3ccccc23)[nH]1. The predicted molar refractivity (Wildman–Crippen MR) is 82.1 cm³/mol. The highest BCUT2D eigenvalue weighted by molar-refractivity contribution is 6.07. The van der Waals surface area contributed by atoms with Gasteiger partial charge in [0.2, 0.25) is 0 Å². The van der Waals surface area contributed by atoms with Gasteiger partial charge in [0.25, 0.3) is 5.91 Å². The number of amides is 1. The van der Waals surface area contributed by atoms with Gasteiger partial charge in [0, 0.05) is 36.0 Å². The van der Waals surface area contributed by atoms with Crippen LogP contribution in [0, 0.1) is 6.92 Å². The van der Waals surface area contributed by atoms with Gasteiger partial charge in [-0.1, -0.05) is 18.2 Å². The summed E-state index contributed by atoms with van der Waals surface area (Å²) >= 11 is 0. The highest BCUT2D eigenvalue weighted by atomic mass is 16.1. The summed E-state index contributed by atoms with van der Waals surface area (Å²) in [6, 6.07) is 7.72. The lowest BCUT2D eigenvalue weighted by molar-refractivity contribution is 0.0940. The first kappa shape index (κ1) is 13.4. The summed E-state index contributed by atoms with van der Waals surface area (Å²) < 4.78 is 1.96. The van der Waals surface area contributed by atoms with Crippen LogP contribution in [0.15, 0.2) is 36.7 Å². The molecule has 108 valence electrons. The molecule has 0 bridgehead atoms. The summed E-state index contributed by atoms with van der Waals surface area (Å²) in [4.78, 5) is 19.9. The first-order valence-electron chi connectivity index (χ1n) is 6.92. The summed E-state index contributed by atoms with van der Waals surface area (Å²) in [6.45, 7) is 3.86. The van der Waals surface area contributed by atoms with E-state index in [1.165, 1.54) is 0 Å². The number of hydrogen-bond donors (Lipinski definition) is 2. The van der Waals surface area contributed by atoms with Gasteiger partial charge in [-0.05, 0) is 19.9 Å². The predicted octanol–water partition coefficient (Wildman–Crippen LogP) is 2.70. The maximum Gasteiger partial charge on any atom is 0.254 e. The Morgan fingerprint density at radius 3 is 2.86 bits per heavy atom. The highest BCUT2D eigenvalue weighted by Gasteiger charge is 2.17. The Morgan fingerprint density at radius 2 is 2.14 bits per heavy atom. The van der Waals surface area contributed by atoms with E-state index in [4.69, 9.17) is 0 Å². The van der Waals surface area contributed by atoms with Crippen molar-refractivity contribution in [3.8, 4) is 0 Å². The minimum absolute atomic E-state index is 0.0895. The van der Waals surface area contributed by atoms with Crippen LogP contribution in [0.5, 0.6) is 0 Å². The van der Waals surface area contributed by atoms with Crippen molar-refractivity contribution in [1.82, 2.24) is 19.9 Å². The number of imidazole rings is 1. The second-order valence-corrected chi connectivity index (χ2v) is 5.32. The minimum atomic E-state index is -0.162. The largest absolute Gasteiger partial charge is 0.350 e. The quantitative estimate of drug-likeness (QED) is 0.776. The number of carbonyl (C=O) groups excluding carboxylic acids is 1. The molecule has 0 unspecified atom stereocenters. The van der Waals surface area contributed by atoms with Crippen LogP contribution < -0.4 is 5.32 Å². The Bertz CT molecular complexity index is 800. The lowest BCUT2D eigenvalue weighted by Gasteiger charge is -2.11. The molecule has 1 aromatic carbocycles. The third-order valence-electron chi connectivity index (χ3n) is 3.62. The zero-order chi connectivity index (χ0) is 15.0. The number of fused-ring (bicyclic) bond motifs is 1. The molecule has 21 heavy (non-hydrogen) atoms. The van der Waals surface area contributed by atoms with E-state index in [1.54, 1.807) is 6.20 Å². The van der Waals surface area contributed by atoms with Crippen LogP contribution in [-0.4, -0.2) is 20.4 Å². The molecule has 3 aromatic rings. The van der Waals surface area contributed by atoms with Crippen LogP contribution in [0.25, 0.3) is 10.9 Å². The first-order chi connectivity index (χ1) is 10.1. The van der Waals surface area contributed by atoms with Crippen LogP contribution >= 0.6 is 0 Å². The van der Waals surface area contributed by atoms with Crippen LogP contribution in [0.4, 0.5) is 0 Å². The number of carbonyl (C=O) groups is 1. The number of nitrogens with one attached hydrogen (secondary N) is 2. The molecule has 0 fully saturated rings. The van der Waals surface area contributed by atoms with Crippen molar-refractivity contribution in [1.29, 1.82) is 0 Å². The normalized spacial score (nSPS) is 12.5. The van der Waals surface area contributed by atoms with Crippen molar-refractivity contribution in [2.75, 3.05) is 0 Å². The monoisotopic (exact) mass is 282 g/mol. The molecule has 1 atom stereocenters. The molecule has 2 N–H and O–H groups in total. The highest BCUT2D eigenvalue weighted by Crippen LogP contribution is 2.21. The van der Waals surface area contributed by atoms with E-state index in [0.717, 1.165) is 22.4 Å². The van der Waals surface area contributed by atoms with Crippen LogP contribution in [0.1, 0.15) is 34.8 Å². The van der Waals surface area contributed by atoms with E-state index < -0.39 is 0 Å². The number of hydrogen-bond acceptors (Lipinski definition) is 2. The Labute approximate surface area is 123 Å². The third-order valence-corrected chi connectivity index (χ3v) is 3.62. The van der Waals surface area contributed by atoms with Gasteiger partial charge >= 0.3 is 0 Å². The fourth-order valence-electron chi connectivity index (χ4n) is 2.52. The maximum atomic E-state index is 12.5. The summed E-state index contributed by atoms with van der Waals surface area (Å²) in [5.41, 5.74) is 2.71. The molecular formula is C16H18N4O. The van der Waals surface area contributed by atoms with E-state index in [1.807, 2.05) is 55.9 Å². The first-order valence-corrected chi connectivity index (χ1v) is 6.92. The summed E-state index contributed by atoms with van der Waals surface area (Å²) in [5, 5.41) is 3.94. The molecule has 5 nitrogen and oxygen atoms in total. The van der Waals surface area contributed by atoms with Crippen LogP contribution in [0.3, 0.4) is 0 Å². The van der Waals surface area contributed by atoms with E-state index in [9.17, 15) is 4.79 Å². The molecule has 0 saturated heterocycles. The second kappa shape index (κ2) is 5.09. The number of nitrogens with zero attached hydrogens (tertiary/aromatic N) is 2. The van der Waals surface area contributed by atoms with E-state index >= 15 is 0 Å². The van der Waals surface area contributed by atoms with Gasteiger partial charge in [0.1, 0.15) is 5.82 Å². The number of benzene rings is 1. The third kappa shape index (κ3) is 2.42. The zero-order valence-corrected chi connectivity index (χ0v) is 12.3. The average Bonchev–Trinajstić information content (AvgIpc) is 3.04. The number of para-hydroxylation sites is 1. The zero-order valence-electron chi connectivity index (χ0n) is 12.3. The van der Waals surface area contributed by atoms with Gasteiger partial charge in [-0.2, -0.15) is 0 Å². The molecule has 0 aliphatic rings. The molecule has 0 aliphatic carbocycles. The van der Waals surface area contributed by atoms with Gasteiger partial charge in [0.15, 0.2) is 0 Å². The number of rotatable bonds is 3. The number of aromatic nitrogens is 3. The van der Waals surface area contributed by atoms with E-state index in [0.29, 0.717) is 5.56 Å². The Kier molecular flexibility index (Phi) is 3.25. The van der Waals surface area contributed by atoms with Crippen molar-refractivity contribution < 1.29 is 4.79 Å². The topological polar surface area (TPSA) is 62.7 Å². The molecule has 0 spiro atoms. The van der Waals surface area contributed by atoms with Gasteiger partial charge in [-0.15, -0.1) is 0 Å². The molecule has 5 heteroatoms. The number of aryl methyl sites for hydroxylation is 2. The lowest BCUT2D eigenvalue weighted by Crippen LogP contribution is -2.27. The number of aromatic amines is 1. The van der Waals surface area contributed by atoms with E-state index in [2.05, 4.69) is 15.3 Å². The van der Waals surface area contributed by atoms with Crippen molar-refractivity contribution in [3.05, 3.63) is 53.7 Å². The molecule has 3 rings (SSSR count). The van der Waals surface area contributed by atoms with Gasteiger partial charge in [-0.3, -0.25) is 4.79 Å². The fourth-order valence-corrected chi connectivity index (χ4v) is 2.52. The molecule has 1 amide bonds. The average molecular weight is 282 g/mol. The van der Waals surface area contributed by atoms with Gasteiger partial charge in [0.05, 0.1) is 11.6 Å². The van der Waals surface area contributed by atoms with Crippen molar-refractivity contribution >= 4 is 16.8 Å². The van der Waals surface area contributed by atoms with Crippen LogP contribution in [0.2, 0.25) is 0 Å². The smallest absolute Gasteiger partial charge is 0.254 e. The number of H-pyrrole nitrogens is 1. The van der Waals surface area contributed by atoms with Gasteiger partial charge < -0.3 is 14.9 Å². The molecular weight excluding hydrogens is 264 g/mol. The van der Waals surface area contributed by atoms with Gasteiger partial charge in [-0.25, -0.2) is 4.98 Å². The molecule has 2 heterocycles. The lowest BCUT2D eigenvalue weighted by atomic mass is 10.1. The minimum Gasteiger partial charge on any atom is -0.350 e. The molecule has 0 aliphatic heterocycles. The van der Waals surface area contributed by atoms with E-state index in [-0.39, 0.29) is 11.9 Å². The molecule has 2 aromatic heterocycles. The standard InChI is InChI=1S/C16H18N4O/c1-10-8-17-15(18-10)11(2)19-16(21)13-9-20(3)14-7-5-4-6-12(13)14/h4-9,11H,1-3H3,(H,17,18)(H,19,21)/t11-/m1/s1. The van der Waals surface area contributed by atoms with Crippen molar-refractivity contribution in [2.45, 2.75) is 19.9 Å². The van der Waals surface area contributed by atoms with Crippen molar-refractivity contribution in [2.24, 2.45) is 7.05 Å². The molecule has 0 radical (unpaired) electrons. The second-order valence-electron chi connectivity index (χ2n) is 5.32. The Hall–Kier alpha value is -2.56. The fraction of sp³-hybridized carbons (Fsp3) is 0.250. The maximum absolute atomic E-state index is 12.5. The Balaban J connectivity index is 1.87. The summed E-state index contributed by atoms with van der Waals surface area (Å²) in [5.74, 6) is 0.675. The molecule has 0 saturated carbocycles. The van der Waals surface area contributed by atoms with Crippen LogP contribution in [-0.2, 0) is 7.05 Å². The summed E-state index contributed by atoms with van der Waals surface area (Å²) in [7, 11) is 1.94. The Morgan fingerprint density at radius 1 is 1.38 bits per heavy atom. The van der Waals surface area contributed by atoms with Crippen molar-refractivity contribution in [3.63, 3.8) is 0 Å². The summed E-state index contributed by atoms with van der Waals surface area (Å²) in [6.07, 6.45) is 3.62.